The number of anilines is 2. The number of nitrogens with zero attached hydrogens (tertiary/aromatic N) is 6. The van der Waals surface area contributed by atoms with Crippen LogP contribution in [0, 0.1) is 52.3 Å². The zero-order valence-corrected chi connectivity index (χ0v) is 27.7. The number of hydrazone groups is 2. The molecular weight excluding hydrogens is 708 g/mol. The number of esters is 2. The number of non-ortho nitro benzene ring substituents is 2. The van der Waals surface area contributed by atoms with Gasteiger partial charge in [0, 0.05) is 30.7 Å². The summed E-state index contributed by atoms with van der Waals surface area (Å²) in [7, 11) is 1.04. The van der Waals surface area contributed by atoms with E-state index in [1.165, 1.54) is 31.2 Å². The molecule has 3 rings (SSSR count). The van der Waals surface area contributed by atoms with Crippen LogP contribution in [0.2, 0.25) is 0 Å². The predicted molar refractivity (Wildman–Crippen MR) is 186 cm³/mol. The second-order valence-corrected chi connectivity index (χ2v) is 10.6. The van der Waals surface area contributed by atoms with Crippen molar-refractivity contribution >= 4 is 58.5 Å². The van der Waals surface area contributed by atoms with Crippen molar-refractivity contribution < 1.29 is 49.0 Å². The molecule has 22 nitrogen and oxygen atoms in total. The molecule has 278 valence electrons. The number of hydrogen-bond donors (Lipinski definition) is 4. The van der Waals surface area contributed by atoms with Crippen LogP contribution in [0.15, 0.2) is 76.4 Å². The fraction of sp³-hybridized carbons (Fsp3) is 0.226. The molecule has 0 amide bonds. The van der Waals surface area contributed by atoms with Gasteiger partial charge in [-0.25, -0.2) is 0 Å². The van der Waals surface area contributed by atoms with Gasteiger partial charge in [0.15, 0.2) is 11.5 Å². The van der Waals surface area contributed by atoms with Crippen molar-refractivity contribution in [1.82, 2.24) is 0 Å². The molecule has 0 bridgehead atoms. The van der Waals surface area contributed by atoms with Crippen molar-refractivity contribution in [3.05, 3.63) is 112 Å². The lowest BCUT2D eigenvalue weighted by Crippen LogP contribution is -2.31. The number of aromatic hydroxyl groups is 2. The Balaban J connectivity index is 1.95. The predicted octanol–water partition coefficient (Wildman–Crippen LogP) is 4.75. The van der Waals surface area contributed by atoms with Gasteiger partial charge in [-0.3, -0.25) is 60.9 Å². The first-order valence-corrected chi connectivity index (χ1v) is 15.0. The third-order valence-electron chi connectivity index (χ3n) is 7.34. The van der Waals surface area contributed by atoms with Gasteiger partial charge in [-0.15, -0.1) is 0 Å². The molecule has 0 aliphatic rings. The number of rotatable bonds is 18. The SMILES string of the molecule is C/C=C(/C=N\Nc1ccc([N+](=O)[O-])cc1[N+](=O)[O-])C(CC(=O)OCCc1ccc(O)c(O)c1)C(/C=N/Nc1ccc([N+](=O)[O-])cc1[N+](=O)[O-])C(=O)OC. The molecule has 0 fully saturated rings. The highest BCUT2D eigenvalue weighted by Gasteiger charge is 2.33. The van der Waals surface area contributed by atoms with Gasteiger partial charge < -0.3 is 19.7 Å². The third kappa shape index (κ3) is 11.0. The van der Waals surface area contributed by atoms with Crippen LogP contribution >= 0.6 is 0 Å². The number of phenols is 2. The summed E-state index contributed by atoms with van der Waals surface area (Å²) in [5.74, 6) is -5.14. The Kier molecular flexibility index (Phi) is 13.9. The number of nitrogens with one attached hydrogen (secondary N) is 2. The highest BCUT2D eigenvalue weighted by Crippen LogP contribution is 2.31. The minimum absolute atomic E-state index is 0.125. The number of benzene rings is 3. The standard InChI is InChI=1S/C31H30N8O14/c1-3-19(16-32-34-24-7-5-20(36(44)45)13-26(24)38(48)49)22(15-30(42)53-11-10-18-4-9-28(40)29(41)12-18)23(31(43)52-2)17-33-35-25-8-6-21(37(46)47)14-27(25)39(50)51/h3-9,12-14,16-17,22-23,34-35,40-41H,10-11,15H2,1-2H3/b19-3-,32-16-,33-17+. The summed E-state index contributed by atoms with van der Waals surface area (Å²) in [6.45, 7) is 1.32. The average Bonchev–Trinajstić information content (AvgIpc) is 3.12. The molecule has 53 heavy (non-hydrogen) atoms. The van der Waals surface area contributed by atoms with E-state index in [1.54, 1.807) is 0 Å². The van der Waals surface area contributed by atoms with Gasteiger partial charge >= 0.3 is 23.3 Å². The lowest BCUT2D eigenvalue weighted by atomic mass is 9.84. The molecule has 4 N–H and O–H groups in total. The van der Waals surface area contributed by atoms with Crippen LogP contribution in [0.4, 0.5) is 34.1 Å². The number of nitro benzene ring substituents is 4. The number of carbonyl (C=O) groups excluding carboxylic acids is 2. The smallest absolute Gasteiger partial charge is 0.314 e. The third-order valence-corrected chi connectivity index (χ3v) is 7.34. The monoisotopic (exact) mass is 738 g/mol. The lowest BCUT2D eigenvalue weighted by molar-refractivity contribution is -0.393. The highest BCUT2D eigenvalue weighted by molar-refractivity contribution is 5.94. The molecule has 0 heterocycles. The Morgan fingerprint density at radius 1 is 0.811 bits per heavy atom. The topological polar surface area (TPSA) is 314 Å². The van der Waals surface area contributed by atoms with Gasteiger partial charge in [0.25, 0.3) is 11.4 Å². The second kappa shape index (κ2) is 18.5. The Hall–Kier alpha value is -7.52. The van der Waals surface area contributed by atoms with Gasteiger partial charge in [0.1, 0.15) is 17.3 Å². The second-order valence-electron chi connectivity index (χ2n) is 10.6. The molecule has 0 radical (unpaired) electrons. The number of carbonyl (C=O) groups is 2. The van der Waals surface area contributed by atoms with Crippen LogP contribution in [0.25, 0.3) is 0 Å². The maximum Gasteiger partial charge on any atom is 0.314 e. The van der Waals surface area contributed by atoms with Crippen LogP contribution in [-0.2, 0) is 25.5 Å². The Morgan fingerprint density at radius 3 is 1.87 bits per heavy atom. The molecule has 0 saturated carbocycles. The van der Waals surface area contributed by atoms with E-state index in [0.29, 0.717) is 11.6 Å². The molecule has 0 saturated heterocycles. The Morgan fingerprint density at radius 2 is 1.38 bits per heavy atom. The van der Waals surface area contributed by atoms with Gasteiger partial charge in [0.2, 0.25) is 0 Å². The van der Waals surface area contributed by atoms with Crippen LogP contribution in [-0.4, -0.2) is 68.0 Å². The number of phenolic OH excluding ortho intramolecular Hbond substituents is 2. The maximum atomic E-state index is 13.1. The van der Waals surface area contributed by atoms with Crippen molar-refractivity contribution in [2.45, 2.75) is 19.8 Å². The largest absolute Gasteiger partial charge is 0.504 e. The van der Waals surface area contributed by atoms with E-state index < -0.39 is 72.6 Å². The van der Waals surface area contributed by atoms with Gasteiger partial charge in [-0.1, -0.05) is 12.1 Å². The fourth-order valence-corrected chi connectivity index (χ4v) is 4.67. The fourth-order valence-electron chi connectivity index (χ4n) is 4.67. The molecule has 2 atom stereocenters. The van der Waals surface area contributed by atoms with E-state index in [1.807, 2.05) is 0 Å². The van der Waals surface area contributed by atoms with E-state index in [2.05, 4.69) is 21.1 Å². The molecular formula is C31H30N8O14. The summed E-state index contributed by atoms with van der Waals surface area (Å²) in [5.41, 5.74) is 2.42. The molecule has 0 aromatic heterocycles. The molecule has 2 unspecified atom stereocenters. The van der Waals surface area contributed by atoms with E-state index in [0.717, 1.165) is 49.9 Å². The maximum absolute atomic E-state index is 13.1. The summed E-state index contributed by atoms with van der Waals surface area (Å²) in [4.78, 5) is 68.2. The van der Waals surface area contributed by atoms with Crippen LogP contribution in [0.3, 0.4) is 0 Å². The number of methoxy groups -OCH3 is 1. The molecule has 3 aromatic carbocycles. The molecule has 22 heteroatoms. The van der Waals surface area contributed by atoms with Crippen molar-refractivity contribution in [2.75, 3.05) is 24.6 Å². The number of allylic oxidation sites excluding steroid dienone is 2. The summed E-state index contributed by atoms with van der Waals surface area (Å²) < 4.78 is 10.3. The quantitative estimate of drug-likeness (QED) is 0.0449. The zero-order chi connectivity index (χ0) is 39.2. The first-order chi connectivity index (χ1) is 25.2. The Bertz CT molecular complexity index is 2000. The van der Waals surface area contributed by atoms with Gasteiger partial charge in [-0.2, -0.15) is 10.2 Å². The van der Waals surface area contributed by atoms with Crippen molar-refractivity contribution in [3.63, 3.8) is 0 Å². The van der Waals surface area contributed by atoms with Crippen LogP contribution in [0.5, 0.6) is 11.5 Å². The average molecular weight is 739 g/mol. The first kappa shape index (κ1) is 39.9. The molecule has 0 aliphatic carbocycles. The van der Waals surface area contributed by atoms with Crippen molar-refractivity contribution in [1.29, 1.82) is 0 Å². The molecule has 3 aromatic rings. The first-order valence-electron chi connectivity index (χ1n) is 15.0. The van der Waals surface area contributed by atoms with Crippen molar-refractivity contribution in [2.24, 2.45) is 22.0 Å². The summed E-state index contributed by atoms with van der Waals surface area (Å²) in [5, 5.41) is 72.5. The normalized spacial score (nSPS) is 12.5. The van der Waals surface area contributed by atoms with Crippen molar-refractivity contribution in [3.8, 4) is 11.5 Å². The number of ether oxygens (including phenoxy) is 2. The van der Waals surface area contributed by atoms with E-state index >= 15 is 0 Å². The number of nitro groups is 4. The molecule has 0 aliphatic heterocycles. The summed E-state index contributed by atoms with van der Waals surface area (Å²) >= 11 is 0. The van der Waals surface area contributed by atoms with E-state index in [9.17, 15) is 60.3 Å². The van der Waals surface area contributed by atoms with Gasteiger partial charge in [-0.05, 0) is 42.3 Å². The summed E-state index contributed by atoms with van der Waals surface area (Å²) in [6, 6.07) is 9.50. The summed E-state index contributed by atoms with van der Waals surface area (Å²) in [6.07, 6.45) is 3.11. The van der Waals surface area contributed by atoms with E-state index in [-0.39, 0.29) is 41.5 Å². The van der Waals surface area contributed by atoms with Crippen LogP contribution < -0.4 is 10.9 Å². The minimum Gasteiger partial charge on any atom is -0.504 e. The highest BCUT2D eigenvalue weighted by atomic mass is 16.6. The zero-order valence-electron chi connectivity index (χ0n) is 27.7. The minimum atomic E-state index is -1.43. The Labute approximate surface area is 297 Å². The molecule has 0 spiro atoms. The van der Waals surface area contributed by atoms with Gasteiger partial charge in [0.05, 0.1) is 58.2 Å². The lowest BCUT2D eigenvalue weighted by Gasteiger charge is -2.23. The number of hydrogen-bond acceptors (Lipinski definition) is 18. The van der Waals surface area contributed by atoms with E-state index in [4.69, 9.17) is 9.47 Å². The van der Waals surface area contributed by atoms with Crippen LogP contribution in [0.1, 0.15) is 18.9 Å².